The third-order valence-electron chi connectivity index (χ3n) is 5.19. The SMILES string of the molecule is COc1ccc(S(=O)(=O)N2CCC(C(=O)NCCSCc3cccs3)CC2)cc1OC. The number of amides is 1. The number of carbonyl (C=O) groups excluding carboxylic acids is 1. The highest BCUT2D eigenvalue weighted by Gasteiger charge is 2.32. The molecule has 1 fully saturated rings. The van der Waals surface area contributed by atoms with Crippen molar-refractivity contribution in [3.05, 3.63) is 40.6 Å². The predicted octanol–water partition coefficient (Wildman–Crippen LogP) is 3.22. The molecule has 170 valence electrons. The van der Waals surface area contributed by atoms with Gasteiger partial charge in [-0.3, -0.25) is 4.79 Å². The average Bonchev–Trinajstić information content (AvgIpc) is 3.31. The molecule has 0 saturated carbocycles. The Morgan fingerprint density at radius 1 is 1.19 bits per heavy atom. The van der Waals surface area contributed by atoms with Crippen molar-refractivity contribution < 1.29 is 22.7 Å². The number of thioether (sulfide) groups is 1. The normalized spacial score (nSPS) is 15.5. The van der Waals surface area contributed by atoms with E-state index in [1.807, 2.05) is 6.07 Å². The van der Waals surface area contributed by atoms with Crippen LogP contribution in [0.3, 0.4) is 0 Å². The summed E-state index contributed by atoms with van der Waals surface area (Å²) >= 11 is 3.53. The van der Waals surface area contributed by atoms with Crippen molar-refractivity contribution in [1.29, 1.82) is 0 Å². The minimum Gasteiger partial charge on any atom is -0.493 e. The van der Waals surface area contributed by atoms with E-state index in [1.165, 1.54) is 35.5 Å². The molecule has 1 aliphatic rings. The van der Waals surface area contributed by atoms with Gasteiger partial charge in [-0.1, -0.05) is 6.07 Å². The summed E-state index contributed by atoms with van der Waals surface area (Å²) in [4.78, 5) is 13.9. The van der Waals surface area contributed by atoms with Crippen LogP contribution in [0.25, 0.3) is 0 Å². The van der Waals surface area contributed by atoms with Gasteiger partial charge in [0, 0.05) is 48.0 Å². The third-order valence-corrected chi connectivity index (χ3v) is 9.15. The number of ether oxygens (including phenoxy) is 2. The first-order valence-electron chi connectivity index (χ1n) is 10.1. The van der Waals surface area contributed by atoms with Crippen LogP contribution in [0.2, 0.25) is 0 Å². The summed E-state index contributed by atoms with van der Waals surface area (Å²) in [6, 6.07) is 8.73. The lowest BCUT2D eigenvalue weighted by Crippen LogP contribution is -2.43. The van der Waals surface area contributed by atoms with E-state index in [0.29, 0.717) is 44.0 Å². The number of carbonyl (C=O) groups is 1. The van der Waals surface area contributed by atoms with E-state index < -0.39 is 10.0 Å². The minimum absolute atomic E-state index is 0.0138. The highest BCUT2D eigenvalue weighted by Crippen LogP contribution is 2.32. The molecule has 10 heteroatoms. The summed E-state index contributed by atoms with van der Waals surface area (Å²) in [5.74, 6) is 2.52. The fourth-order valence-electron chi connectivity index (χ4n) is 3.44. The molecule has 1 saturated heterocycles. The van der Waals surface area contributed by atoms with Crippen molar-refractivity contribution in [3.63, 3.8) is 0 Å². The van der Waals surface area contributed by atoms with Gasteiger partial charge < -0.3 is 14.8 Å². The van der Waals surface area contributed by atoms with Crippen molar-refractivity contribution in [3.8, 4) is 11.5 Å². The first kappa shape index (κ1) is 23.9. The molecule has 0 radical (unpaired) electrons. The number of nitrogens with zero attached hydrogens (tertiary/aromatic N) is 1. The molecule has 1 aliphatic heterocycles. The Bertz CT molecular complexity index is 955. The lowest BCUT2D eigenvalue weighted by atomic mass is 9.97. The predicted molar refractivity (Wildman–Crippen MR) is 125 cm³/mol. The molecule has 0 spiro atoms. The van der Waals surface area contributed by atoms with E-state index in [1.54, 1.807) is 29.2 Å². The monoisotopic (exact) mass is 484 g/mol. The van der Waals surface area contributed by atoms with Crippen molar-refractivity contribution >= 4 is 39.0 Å². The van der Waals surface area contributed by atoms with Crippen LogP contribution in [-0.4, -0.2) is 58.2 Å². The van der Waals surface area contributed by atoms with Gasteiger partial charge in [-0.2, -0.15) is 16.1 Å². The van der Waals surface area contributed by atoms with Crippen molar-refractivity contribution in [2.24, 2.45) is 5.92 Å². The van der Waals surface area contributed by atoms with Gasteiger partial charge in [0.05, 0.1) is 19.1 Å². The molecule has 0 bridgehead atoms. The number of methoxy groups -OCH3 is 2. The molecule has 3 rings (SSSR count). The number of hydrogen-bond acceptors (Lipinski definition) is 7. The van der Waals surface area contributed by atoms with E-state index in [4.69, 9.17) is 9.47 Å². The molecule has 0 unspecified atom stereocenters. The highest BCUT2D eigenvalue weighted by molar-refractivity contribution is 7.98. The van der Waals surface area contributed by atoms with E-state index in [0.717, 1.165) is 11.5 Å². The van der Waals surface area contributed by atoms with Gasteiger partial charge in [-0.15, -0.1) is 11.3 Å². The number of piperidine rings is 1. The standard InChI is InChI=1S/C21H28N2O5S3/c1-27-19-6-5-18(14-20(19)28-2)31(25,26)23-10-7-16(8-11-23)21(24)22-9-13-29-15-17-4-3-12-30-17/h3-6,12,14,16H,7-11,13,15H2,1-2H3,(H,22,24). The molecule has 0 atom stereocenters. The summed E-state index contributed by atoms with van der Waals surface area (Å²) in [6.45, 7) is 1.27. The number of benzene rings is 1. The van der Waals surface area contributed by atoms with Crippen molar-refractivity contribution in [2.45, 2.75) is 23.5 Å². The van der Waals surface area contributed by atoms with E-state index in [-0.39, 0.29) is 16.7 Å². The second kappa shape index (κ2) is 11.2. The highest BCUT2D eigenvalue weighted by atomic mass is 32.2. The van der Waals surface area contributed by atoms with Crippen LogP contribution in [0.4, 0.5) is 0 Å². The summed E-state index contributed by atoms with van der Waals surface area (Å²) in [7, 11) is -0.675. The fraction of sp³-hybridized carbons (Fsp3) is 0.476. The van der Waals surface area contributed by atoms with Crippen LogP contribution in [0.5, 0.6) is 11.5 Å². The topological polar surface area (TPSA) is 84.9 Å². The molecule has 1 aromatic carbocycles. The zero-order chi connectivity index (χ0) is 22.3. The summed E-state index contributed by atoms with van der Waals surface area (Å²) < 4.78 is 37.8. The van der Waals surface area contributed by atoms with Crippen molar-refractivity contribution in [1.82, 2.24) is 9.62 Å². The minimum atomic E-state index is -3.65. The van der Waals surface area contributed by atoms with Crippen LogP contribution in [0.1, 0.15) is 17.7 Å². The average molecular weight is 485 g/mol. The van der Waals surface area contributed by atoms with E-state index in [2.05, 4.69) is 16.8 Å². The molecule has 2 aromatic rings. The van der Waals surface area contributed by atoms with Crippen LogP contribution >= 0.6 is 23.1 Å². The van der Waals surface area contributed by atoms with Crippen LogP contribution in [0.15, 0.2) is 40.6 Å². The maximum absolute atomic E-state index is 13.0. The van der Waals surface area contributed by atoms with Gasteiger partial charge in [-0.05, 0) is 36.4 Å². The third kappa shape index (κ3) is 6.15. The van der Waals surface area contributed by atoms with Crippen LogP contribution < -0.4 is 14.8 Å². The molecule has 1 amide bonds. The number of nitrogens with one attached hydrogen (secondary N) is 1. The van der Waals surface area contributed by atoms with Crippen LogP contribution in [-0.2, 0) is 20.6 Å². The van der Waals surface area contributed by atoms with E-state index in [9.17, 15) is 13.2 Å². The molecule has 0 aliphatic carbocycles. The van der Waals surface area contributed by atoms with Gasteiger partial charge in [0.1, 0.15) is 0 Å². The molecule has 1 aromatic heterocycles. The van der Waals surface area contributed by atoms with Gasteiger partial charge >= 0.3 is 0 Å². The number of thiophene rings is 1. The molecule has 1 N–H and O–H groups in total. The van der Waals surface area contributed by atoms with E-state index >= 15 is 0 Å². The zero-order valence-electron chi connectivity index (χ0n) is 17.7. The Morgan fingerprint density at radius 2 is 1.94 bits per heavy atom. The van der Waals surface area contributed by atoms with Crippen LogP contribution in [0, 0.1) is 5.92 Å². The second-order valence-corrected chi connectivity index (χ2v) is 11.2. The Hall–Kier alpha value is -1.75. The first-order valence-corrected chi connectivity index (χ1v) is 13.5. The maximum atomic E-state index is 13.0. The largest absolute Gasteiger partial charge is 0.493 e. The van der Waals surface area contributed by atoms with Gasteiger partial charge in [0.25, 0.3) is 0 Å². The molecule has 2 heterocycles. The fourth-order valence-corrected chi connectivity index (χ4v) is 6.63. The molecular weight excluding hydrogens is 456 g/mol. The zero-order valence-corrected chi connectivity index (χ0v) is 20.2. The number of sulfonamides is 1. The summed E-state index contributed by atoms with van der Waals surface area (Å²) in [6.07, 6.45) is 1.03. The summed E-state index contributed by atoms with van der Waals surface area (Å²) in [5, 5.41) is 5.06. The molecule has 31 heavy (non-hydrogen) atoms. The smallest absolute Gasteiger partial charge is 0.243 e. The Kier molecular flexibility index (Phi) is 8.65. The van der Waals surface area contributed by atoms with Crippen molar-refractivity contribution in [2.75, 3.05) is 39.6 Å². The Labute approximate surface area is 192 Å². The molecule has 7 nitrogen and oxygen atoms in total. The Morgan fingerprint density at radius 3 is 2.58 bits per heavy atom. The van der Waals surface area contributed by atoms with Gasteiger partial charge in [-0.25, -0.2) is 8.42 Å². The first-order chi connectivity index (χ1) is 15.0. The molecular formula is C21H28N2O5S3. The lowest BCUT2D eigenvalue weighted by molar-refractivity contribution is -0.125. The number of hydrogen-bond donors (Lipinski definition) is 1. The van der Waals surface area contributed by atoms with Gasteiger partial charge in [0.2, 0.25) is 15.9 Å². The summed E-state index contributed by atoms with van der Waals surface area (Å²) in [5.41, 5.74) is 0. The maximum Gasteiger partial charge on any atom is 0.243 e. The quantitative estimate of drug-likeness (QED) is 0.521. The second-order valence-electron chi connectivity index (χ2n) is 7.12. The van der Waals surface area contributed by atoms with Gasteiger partial charge in [0.15, 0.2) is 11.5 Å². The number of rotatable bonds is 10. The Balaban J connectivity index is 1.46. The lowest BCUT2D eigenvalue weighted by Gasteiger charge is -2.30.